The predicted octanol–water partition coefficient (Wildman–Crippen LogP) is 3.51. The monoisotopic (exact) mass is 297 g/mol. The molecule has 2 aromatic rings. The molecule has 0 aliphatic carbocycles. The van der Waals surface area contributed by atoms with Gasteiger partial charge >= 0.3 is 6.61 Å². The molecular weight excluding hydrogens is 283 g/mol. The van der Waals surface area contributed by atoms with Gasteiger partial charge < -0.3 is 15.2 Å². The second-order valence-electron chi connectivity index (χ2n) is 4.29. The van der Waals surface area contributed by atoms with Crippen molar-refractivity contribution in [2.75, 3.05) is 6.61 Å². The molecule has 112 valence electrons. The van der Waals surface area contributed by atoms with Crippen LogP contribution in [-0.4, -0.2) is 13.2 Å². The van der Waals surface area contributed by atoms with Gasteiger partial charge in [0.05, 0.1) is 6.04 Å². The minimum atomic E-state index is -2.93. The highest BCUT2D eigenvalue weighted by Gasteiger charge is 2.15. The lowest BCUT2D eigenvalue weighted by molar-refractivity contribution is -0.0507. The summed E-state index contributed by atoms with van der Waals surface area (Å²) in [6, 6.07) is 11.1. The fourth-order valence-corrected chi connectivity index (χ4v) is 1.82. The Bertz CT molecular complexity index is 593. The Morgan fingerprint density at radius 3 is 2.52 bits per heavy atom. The summed E-state index contributed by atoms with van der Waals surface area (Å²) in [7, 11) is 0. The van der Waals surface area contributed by atoms with E-state index in [2.05, 4.69) is 4.74 Å². The van der Waals surface area contributed by atoms with Gasteiger partial charge in [-0.2, -0.15) is 8.78 Å². The minimum Gasteiger partial charge on any atom is -0.492 e. The lowest BCUT2D eigenvalue weighted by atomic mass is 10.1. The van der Waals surface area contributed by atoms with Crippen molar-refractivity contribution < 1.29 is 22.6 Å². The number of halogens is 3. The number of hydrogen-bond acceptors (Lipinski definition) is 3. The molecule has 0 aromatic heterocycles. The van der Waals surface area contributed by atoms with E-state index < -0.39 is 18.5 Å². The van der Waals surface area contributed by atoms with E-state index in [1.165, 1.54) is 24.3 Å². The second kappa shape index (κ2) is 6.99. The van der Waals surface area contributed by atoms with Crippen LogP contribution in [0.3, 0.4) is 0 Å². The average molecular weight is 297 g/mol. The molecule has 0 aliphatic rings. The van der Waals surface area contributed by atoms with Crippen LogP contribution in [0.1, 0.15) is 11.6 Å². The van der Waals surface area contributed by atoms with Crippen molar-refractivity contribution in [3.63, 3.8) is 0 Å². The quantitative estimate of drug-likeness (QED) is 0.887. The second-order valence-corrected chi connectivity index (χ2v) is 4.29. The first-order valence-electron chi connectivity index (χ1n) is 6.24. The molecule has 2 N–H and O–H groups in total. The highest BCUT2D eigenvalue weighted by Crippen LogP contribution is 2.26. The van der Waals surface area contributed by atoms with Gasteiger partial charge in [0, 0.05) is 11.6 Å². The van der Waals surface area contributed by atoms with Crippen LogP contribution in [-0.2, 0) is 0 Å². The topological polar surface area (TPSA) is 44.5 Å². The van der Waals surface area contributed by atoms with Gasteiger partial charge in [0.1, 0.15) is 23.9 Å². The summed E-state index contributed by atoms with van der Waals surface area (Å²) in [5.74, 6) is -0.108. The maximum absolute atomic E-state index is 13.0. The zero-order valence-corrected chi connectivity index (χ0v) is 11.0. The molecule has 0 heterocycles. The van der Waals surface area contributed by atoms with E-state index in [4.69, 9.17) is 10.5 Å². The molecule has 1 unspecified atom stereocenters. The van der Waals surface area contributed by atoms with E-state index in [0.717, 1.165) is 0 Å². The molecule has 0 radical (unpaired) electrons. The fraction of sp³-hybridized carbons (Fsp3) is 0.200. The summed E-state index contributed by atoms with van der Waals surface area (Å²) >= 11 is 0. The summed E-state index contributed by atoms with van der Waals surface area (Å²) in [6.45, 7) is -2.92. The van der Waals surface area contributed by atoms with Crippen LogP contribution in [0, 0.1) is 5.82 Å². The average Bonchev–Trinajstić information content (AvgIpc) is 2.45. The van der Waals surface area contributed by atoms with Gasteiger partial charge in [-0.3, -0.25) is 0 Å². The highest BCUT2D eigenvalue weighted by molar-refractivity contribution is 5.36. The van der Waals surface area contributed by atoms with Crippen molar-refractivity contribution in [1.29, 1.82) is 0 Å². The van der Waals surface area contributed by atoms with Gasteiger partial charge in [-0.05, 0) is 18.2 Å². The van der Waals surface area contributed by atoms with E-state index in [1.807, 2.05) is 0 Å². The van der Waals surface area contributed by atoms with Crippen LogP contribution in [0.15, 0.2) is 48.5 Å². The van der Waals surface area contributed by atoms with Crippen molar-refractivity contribution >= 4 is 0 Å². The summed E-state index contributed by atoms with van der Waals surface area (Å²) in [4.78, 5) is 0. The van der Waals surface area contributed by atoms with Gasteiger partial charge in [-0.15, -0.1) is 0 Å². The molecule has 0 saturated carbocycles. The lowest BCUT2D eigenvalue weighted by Crippen LogP contribution is -2.20. The van der Waals surface area contributed by atoms with Gasteiger partial charge in [-0.1, -0.05) is 24.3 Å². The molecule has 2 rings (SSSR count). The largest absolute Gasteiger partial charge is 0.492 e. The van der Waals surface area contributed by atoms with Crippen molar-refractivity contribution in [2.45, 2.75) is 12.7 Å². The van der Waals surface area contributed by atoms with E-state index in [9.17, 15) is 13.2 Å². The van der Waals surface area contributed by atoms with Crippen LogP contribution in [0.5, 0.6) is 11.5 Å². The molecule has 0 fully saturated rings. The molecule has 21 heavy (non-hydrogen) atoms. The summed E-state index contributed by atoms with van der Waals surface area (Å²) in [5, 5.41) is 0. The van der Waals surface area contributed by atoms with Gasteiger partial charge in [-0.25, -0.2) is 4.39 Å². The third-order valence-corrected chi connectivity index (χ3v) is 2.76. The van der Waals surface area contributed by atoms with E-state index >= 15 is 0 Å². The zero-order valence-electron chi connectivity index (χ0n) is 11.0. The Morgan fingerprint density at radius 1 is 1.05 bits per heavy atom. The molecule has 1 atom stereocenters. The lowest BCUT2D eigenvalue weighted by Gasteiger charge is -2.17. The summed E-state index contributed by atoms with van der Waals surface area (Å²) < 4.78 is 47.4. The van der Waals surface area contributed by atoms with Crippen LogP contribution in [0.25, 0.3) is 0 Å². The Morgan fingerprint density at radius 2 is 1.81 bits per heavy atom. The van der Waals surface area contributed by atoms with Crippen LogP contribution in [0.2, 0.25) is 0 Å². The molecule has 0 amide bonds. The van der Waals surface area contributed by atoms with Gasteiger partial charge in [0.25, 0.3) is 0 Å². The Kier molecular flexibility index (Phi) is 5.05. The highest BCUT2D eigenvalue weighted by atomic mass is 19.3. The number of hydrogen-bond donors (Lipinski definition) is 1. The number of rotatable bonds is 6. The van der Waals surface area contributed by atoms with Crippen LogP contribution < -0.4 is 15.2 Å². The Hall–Kier alpha value is -2.21. The standard InChI is InChI=1S/C15H14F3NO2/c16-10-4-3-5-11(8-10)20-9-13(19)12-6-1-2-7-14(12)21-15(17)18/h1-8,13,15H,9,19H2. The van der Waals surface area contributed by atoms with Crippen LogP contribution >= 0.6 is 0 Å². The third-order valence-electron chi connectivity index (χ3n) is 2.76. The third kappa shape index (κ3) is 4.39. The number of alkyl halides is 2. The first-order valence-corrected chi connectivity index (χ1v) is 6.24. The minimum absolute atomic E-state index is 0.00263. The van der Waals surface area contributed by atoms with Gasteiger partial charge in [0.2, 0.25) is 0 Å². The number of para-hydroxylation sites is 1. The molecule has 0 saturated heterocycles. The SMILES string of the molecule is NC(COc1cccc(F)c1)c1ccccc1OC(F)F. The Balaban J connectivity index is 2.04. The maximum atomic E-state index is 13.0. The van der Waals surface area contributed by atoms with E-state index in [-0.39, 0.29) is 12.4 Å². The van der Waals surface area contributed by atoms with E-state index in [0.29, 0.717) is 11.3 Å². The number of ether oxygens (including phenoxy) is 2. The van der Waals surface area contributed by atoms with Crippen molar-refractivity contribution in [1.82, 2.24) is 0 Å². The normalized spacial score (nSPS) is 12.2. The van der Waals surface area contributed by atoms with E-state index in [1.54, 1.807) is 24.3 Å². The van der Waals surface area contributed by atoms with Crippen molar-refractivity contribution in [3.05, 3.63) is 59.9 Å². The molecule has 0 spiro atoms. The number of nitrogens with two attached hydrogens (primary N) is 1. The molecule has 3 nitrogen and oxygen atoms in total. The fourth-order valence-electron chi connectivity index (χ4n) is 1.82. The summed E-state index contributed by atoms with van der Waals surface area (Å²) in [5.41, 5.74) is 6.31. The first kappa shape index (κ1) is 15.2. The molecular formula is C15H14F3NO2. The summed E-state index contributed by atoms with van der Waals surface area (Å²) in [6.07, 6.45) is 0. The predicted molar refractivity (Wildman–Crippen MR) is 71.9 cm³/mol. The molecule has 2 aromatic carbocycles. The van der Waals surface area contributed by atoms with Crippen LogP contribution in [0.4, 0.5) is 13.2 Å². The van der Waals surface area contributed by atoms with Crippen molar-refractivity contribution in [3.8, 4) is 11.5 Å². The zero-order chi connectivity index (χ0) is 15.2. The smallest absolute Gasteiger partial charge is 0.387 e. The molecule has 0 bridgehead atoms. The number of benzene rings is 2. The Labute approximate surface area is 120 Å². The molecule has 0 aliphatic heterocycles. The maximum Gasteiger partial charge on any atom is 0.387 e. The molecule has 6 heteroatoms. The van der Waals surface area contributed by atoms with Gasteiger partial charge in [0.15, 0.2) is 0 Å². The first-order chi connectivity index (χ1) is 10.1. The van der Waals surface area contributed by atoms with Crippen molar-refractivity contribution in [2.24, 2.45) is 5.73 Å².